The van der Waals surface area contributed by atoms with Gasteiger partial charge in [-0.3, -0.25) is 24.0 Å². The number of imide groups is 1. The van der Waals surface area contributed by atoms with Crippen molar-refractivity contribution in [1.29, 1.82) is 0 Å². The molecule has 0 bridgehead atoms. The van der Waals surface area contributed by atoms with Gasteiger partial charge in [-0.1, -0.05) is 59.6 Å². The zero-order valence-electron chi connectivity index (χ0n) is 20.1. The predicted molar refractivity (Wildman–Crippen MR) is 145 cm³/mol. The van der Waals surface area contributed by atoms with Crippen molar-refractivity contribution in [3.63, 3.8) is 0 Å². The van der Waals surface area contributed by atoms with Crippen LogP contribution in [0.4, 0.5) is 4.39 Å². The lowest BCUT2D eigenvalue weighted by atomic mass is 10.0. The largest absolute Gasteiger partial charge is 0.346 e. The molecule has 1 aliphatic heterocycles. The van der Waals surface area contributed by atoms with E-state index in [9.17, 15) is 18.8 Å². The van der Waals surface area contributed by atoms with Crippen LogP contribution in [0.3, 0.4) is 0 Å². The maximum atomic E-state index is 13.4. The average molecular weight is 571 g/mol. The Morgan fingerprint density at radius 1 is 1.03 bits per heavy atom. The molecule has 0 aliphatic carbocycles. The molecule has 2 aromatic carbocycles. The molecule has 194 valence electrons. The fraction of sp³-hybridized carbons (Fsp3) is 0.185. The molecule has 1 N–H and O–H groups in total. The van der Waals surface area contributed by atoms with Crippen LogP contribution in [0.15, 0.2) is 60.8 Å². The number of carbonyl (C=O) groups excluding carboxylic acids is 3. The molecule has 4 aromatic rings. The van der Waals surface area contributed by atoms with Gasteiger partial charge >= 0.3 is 0 Å². The van der Waals surface area contributed by atoms with Gasteiger partial charge in [0.2, 0.25) is 0 Å². The van der Waals surface area contributed by atoms with Gasteiger partial charge in [-0.15, -0.1) is 11.3 Å². The van der Waals surface area contributed by atoms with Crippen LogP contribution in [0.25, 0.3) is 11.3 Å². The first-order valence-electron chi connectivity index (χ1n) is 11.6. The summed E-state index contributed by atoms with van der Waals surface area (Å²) in [4.78, 5) is 40.8. The van der Waals surface area contributed by atoms with E-state index in [0.29, 0.717) is 42.2 Å². The Morgan fingerprint density at radius 2 is 1.71 bits per heavy atom. The van der Waals surface area contributed by atoms with Gasteiger partial charge in [0.05, 0.1) is 39.0 Å². The summed E-state index contributed by atoms with van der Waals surface area (Å²) < 4.78 is 15.2. The number of hydrogen-bond donors (Lipinski definition) is 1. The van der Waals surface area contributed by atoms with Crippen LogP contribution in [0.5, 0.6) is 0 Å². The first-order chi connectivity index (χ1) is 18.3. The first kappa shape index (κ1) is 26.1. The third kappa shape index (κ3) is 4.97. The zero-order chi connectivity index (χ0) is 27.0. The molecule has 0 spiro atoms. The topological polar surface area (TPSA) is 84.3 Å². The molecule has 2 aromatic heterocycles. The second-order valence-corrected chi connectivity index (χ2v) is 10.9. The third-order valence-corrected chi connectivity index (χ3v) is 7.94. The van der Waals surface area contributed by atoms with Crippen LogP contribution in [0.2, 0.25) is 9.36 Å². The van der Waals surface area contributed by atoms with Gasteiger partial charge in [0.1, 0.15) is 11.0 Å². The molecule has 0 saturated carbocycles. The summed E-state index contributed by atoms with van der Waals surface area (Å²) >= 11 is 13.8. The number of aromatic nitrogens is 2. The molecule has 0 saturated heterocycles. The zero-order valence-corrected chi connectivity index (χ0v) is 22.4. The highest BCUT2D eigenvalue weighted by atomic mass is 35.5. The monoisotopic (exact) mass is 570 g/mol. The summed E-state index contributed by atoms with van der Waals surface area (Å²) in [5.41, 5.74) is 3.05. The van der Waals surface area contributed by atoms with Gasteiger partial charge in [-0.05, 0) is 35.7 Å². The summed E-state index contributed by atoms with van der Waals surface area (Å²) in [7, 11) is 1.72. The number of nitrogens with zero attached hydrogens (tertiary/aromatic N) is 3. The van der Waals surface area contributed by atoms with E-state index in [4.69, 9.17) is 23.2 Å². The molecular weight excluding hydrogens is 550 g/mol. The van der Waals surface area contributed by atoms with E-state index in [1.54, 1.807) is 60.3 Å². The maximum Gasteiger partial charge on any atom is 0.261 e. The molecule has 3 heterocycles. The molecule has 38 heavy (non-hydrogen) atoms. The van der Waals surface area contributed by atoms with Crippen molar-refractivity contribution in [3.8, 4) is 11.3 Å². The standard InChI is InChI=1S/C27H21Cl2FN4O3S/c1-33-23(21(28)13-31-33)20-11-22(38-24(20)29)25(35)32-17(10-15-5-4-6-16(9-15)12-30)14-34-26(36)18-7-2-3-8-19(18)27(34)37/h2-9,11,13,17H,10,12,14H2,1H3,(H,32,35)/t17-/m0/s1. The number of hydrogen-bond acceptors (Lipinski definition) is 5. The van der Waals surface area contributed by atoms with Crippen molar-refractivity contribution in [2.75, 3.05) is 6.54 Å². The molecule has 11 heteroatoms. The Balaban J connectivity index is 1.42. The maximum absolute atomic E-state index is 13.4. The molecular formula is C27H21Cl2FN4O3S. The van der Waals surface area contributed by atoms with Crippen molar-refractivity contribution < 1.29 is 18.8 Å². The number of amides is 3. The average Bonchev–Trinajstić information content (AvgIpc) is 3.53. The van der Waals surface area contributed by atoms with E-state index in [2.05, 4.69) is 10.4 Å². The molecule has 7 nitrogen and oxygen atoms in total. The Bertz CT molecular complexity index is 1510. The van der Waals surface area contributed by atoms with Crippen LogP contribution in [0, 0.1) is 0 Å². The predicted octanol–water partition coefficient (Wildman–Crippen LogP) is 5.56. The summed E-state index contributed by atoms with van der Waals surface area (Å²) in [6, 6.07) is 14.5. The van der Waals surface area contributed by atoms with E-state index in [1.165, 1.54) is 6.20 Å². The normalized spacial score (nSPS) is 13.6. The Morgan fingerprint density at radius 3 is 2.34 bits per heavy atom. The third-order valence-electron chi connectivity index (χ3n) is 6.30. The number of rotatable bonds is 8. The van der Waals surface area contributed by atoms with Gasteiger partial charge < -0.3 is 5.32 Å². The Labute approximate surface area is 231 Å². The van der Waals surface area contributed by atoms with Crippen LogP contribution in [-0.4, -0.2) is 45.0 Å². The highest BCUT2D eigenvalue weighted by molar-refractivity contribution is 7.18. The van der Waals surface area contributed by atoms with Crippen molar-refractivity contribution in [2.45, 2.75) is 19.1 Å². The number of fused-ring (bicyclic) bond motifs is 1. The van der Waals surface area contributed by atoms with Gasteiger partial charge in [0.25, 0.3) is 17.7 Å². The second kappa shape index (κ2) is 10.7. The molecule has 0 radical (unpaired) electrons. The minimum atomic E-state index is -0.649. The molecule has 1 atom stereocenters. The van der Waals surface area contributed by atoms with Crippen molar-refractivity contribution >= 4 is 52.3 Å². The van der Waals surface area contributed by atoms with Gasteiger partial charge in [0.15, 0.2) is 0 Å². The van der Waals surface area contributed by atoms with Crippen molar-refractivity contribution in [2.24, 2.45) is 7.05 Å². The van der Waals surface area contributed by atoms with Crippen LogP contribution in [-0.2, 0) is 20.1 Å². The fourth-order valence-corrected chi connectivity index (χ4v) is 5.97. The number of aryl methyl sites for hydroxylation is 1. The van der Waals surface area contributed by atoms with Crippen LogP contribution >= 0.6 is 34.5 Å². The number of alkyl halides is 1. The molecule has 0 fully saturated rings. The summed E-state index contributed by atoms with van der Waals surface area (Å²) in [5.74, 6) is -1.27. The Hall–Kier alpha value is -3.53. The quantitative estimate of drug-likeness (QED) is 0.281. The lowest BCUT2D eigenvalue weighted by Crippen LogP contribution is -2.46. The van der Waals surface area contributed by atoms with Gasteiger partial charge in [0, 0.05) is 19.2 Å². The molecule has 5 rings (SSSR count). The lowest BCUT2D eigenvalue weighted by Gasteiger charge is -2.24. The van der Waals surface area contributed by atoms with Crippen molar-refractivity contribution in [1.82, 2.24) is 20.0 Å². The first-order valence-corrected chi connectivity index (χ1v) is 13.2. The fourth-order valence-electron chi connectivity index (χ4n) is 4.52. The molecule has 0 unspecified atom stereocenters. The number of thiophene rings is 1. The summed E-state index contributed by atoms with van der Waals surface area (Å²) in [6.07, 6.45) is 1.76. The number of halogens is 3. The Kier molecular flexibility index (Phi) is 7.34. The smallest absolute Gasteiger partial charge is 0.261 e. The van der Waals surface area contributed by atoms with E-state index >= 15 is 0 Å². The number of carbonyl (C=O) groups is 3. The van der Waals surface area contributed by atoms with E-state index < -0.39 is 30.4 Å². The van der Waals surface area contributed by atoms with Crippen LogP contribution < -0.4 is 5.32 Å². The molecule has 3 amide bonds. The highest BCUT2D eigenvalue weighted by Crippen LogP contribution is 2.38. The minimum Gasteiger partial charge on any atom is -0.346 e. The van der Waals surface area contributed by atoms with Gasteiger partial charge in [-0.25, -0.2) is 4.39 Å². The summed E-state index contributed by atoms with van der Waals surface area (Å²) in [5, 5.41) is 7.47. The summed E-state index contributed by atoms with van der Waals surface area (Å²) in [6.45, 7) is -0.687. The number of nitrogens with one attached hydrogen (secondary N) is 1. The van der Waals surface area contributed by atoms with Crippen LogP contribution in [0.1, 0.15) is 41.5 Å². The van der Waals surface area contributed by atoms with E-state index in [1.807, 2.05) is 6.07 Å². The number of benzene rings is 2. The van der Waals surface area contributed by atoms with E-state index in [0.717, 1.165) is 21.8 Å². The molecule has 1 aliphatic rings. The second-order valence-electron chi connectivity index (χ2n) is 8.86. The van der Waals surface area contributed by atoms with E-state index in [-0.39, 0.29) is 13.0 Å². The minimum absolute atomic E-state index is 0.0581. The lowest BCUT2D eigenvalue weighted by molar-refractivity contribution is 0.0629. The highest BCUT2D eigenvalue weighted by Gasteiger charge is 2.37. The SMILES string of the molecule is Cn1ncc(Cl)c1-c1cc(C(=O)N[C@@H](Cc2cccc(CF)c2)CN2C(=O)c3ccccc3C2=O)sc1Cl. The van der Waals surface area contributed by atoms with Crippen molar-refractivity contribution in [3.05, 3.63) is 97.3 Å². The van der Waals surface area contributed by atoms with Gasteiger partial charge in [-0.2, -0.15) is 5.10 Å².